The second-order valence-corrected chi connectivity index (χ2v) is 6.34. The number of H-pyrrole nitrogens is 2. The van der Waals surface area contributed by atoms with E-state index in [0.717, 1.165) is 24.2 Å². The highest BCUT2D eigenvalue weighted by molar-refractivity contribution is 7.99. The highest BCUT2D eigenvalue weighted by atomic mass is 32.2. The summed E-state index contributed by atoms with van der Waals surface area (Å²) < 4.78 is 0. The molecular formula is C15H24N4OS. The van der Waals surface area contributed by atoms with Crippen molar-refractivity contribution in [3.63, 3.8) is 0 Å². The molecule has 0 saturated heterocycles. The first-order chi connectivity index (χ1) is 10.3. The summed E-state index contributed by atoms with van der Waals surface area (Å²) in [5.74, 6) is 2.56. The van der Waals surface area contributed by atoms with Crippen LogP contribution in [0.3, 0.4) is 0 Å². The number of aromatic nitrogens is 3. The summed E-state index contributed by atoms with van der Waals surface area (Å²) in [6, 6.07) is 0. The van der Waals surface area contributed by atoms with Crippen LogP contribution in [0, 0.1) is 0 Å². The maximum Gasteiger partial charge on any atom is 0.275 e. The molecule has 0 saturated carbocycles. The molecule has 2 heterocycles. The largest absolute Gasteiger partial charge is 0.355 e. The lowest BCUT2D eigenvalue weighted by atomic mass is 10.2. The van der Waals surface area contributed by atoms with E-state index >= 15 is 0 Å². The van der Waals surface area contributed by atoms with E-state index < -0.39 is 0 Å². The fourth-order valence-electron chi connectivity index (χ4n) is 2.24. The topological polar surface area (TPSA) is 73.6 Å². The van der Waals surface area contributed by atoms with E-state index in [1.54, 1.807) is 0 Å². The van der Waals surface area contributed by atoms with Gasteiger partial charge in [0, 0.05) is 18.3 Å². The lowest BCUT2D eigenvalue weighted by molar-refractivity contribution is 0.619. The molecule has 3 N–H and O–H groups in total. The number of fused-ring (bicyclic) bond motifs is 1. The zero-order valence-corrected chi connectivity index (χ0v) is 13.4. The summed E-state index contributed by atoms with van der Waals surface area (Å²) in [7, 11) is 0. The highest BCUT2D eigenvalue weighted by Gasteiger charge is 2.06. The van der Waals surface area contributed by atoms with E-state index in [1.165, 1.54) is 43.5 Å². The standard InChI is InChI=1S/C15H24N4OS/c1-2-7-21-8-5-3-4-6-16-9-12-10-17-14-13(12)18-11-19-15(14)20/h10-11,16-17H,2-9H2,1H3,(H,18,19,20). The molecule has 5 nitrogen and oxygen atoms in total. The number of aromatic amines is 2. The van der Waals surface area contributed by atoms with Crippen LogP contribution in [0.2, 0.25) is 0 Å². The van der Waals surface area contributed by atoms with E-state index in [4.69, 9.17) is 0 Å². The molecule has 0 aromatic carbocycles. The first-order valence-electron chi connectivity index (χ1n) is 7.65. The Morgan fingerprint density at radius 3 is 3.00 bits per heavy atom. The Bertz CT molecular complexity index is 593. The molecule has 0 fully saturated rings. The van der Waals surface area contributed by atoms with Crippen LogP contribution < -0.4 is 10.9 Å². The molecule has 0 aliphatic rings. The minimum absolute atomic E-state index is 0.115. The van der Waals surface area contributed by atoms with Gasteiger partial charge in [-0.05, 0) is 37.3 Å². The molecule has 0 aliphatic heterocycles. The highest BCUT2D eigenvalue weighted by Crippen LogP contribution is 2.11. The molecule has 0 amide bonds. The molecule has 0 atom stereocenters. The van der Waals surface area contributed by atoms with Gasteiger partial charge in [-0.3, -0.25) is 4.79 Å². The predicted octanol–water partition coefficient (Wildman–Crippen LogP) is 2.65. The van der Waals surface area contributed by atoms with Gasteiger partial charge in [0.05, 0.1) is 11.8 Å². The van der Waals surface area contributed by atoms with Crippen molar-refractivity contribution in [1.82, 2.24) is 20.3 Å². The van der Waals surface area contributed by atoms with Crippen molar-refractivity contribution < 1.29 is 0 Å². The van der Waals surface area contributed by atoms with Gasteiger partial charge in [-0.25, -0.2) is 4.98 Å². The van der Waals surface area contributed by atoms with Gasteiger partial charge < -0.3 is 15.3 Å². The van der Waals surface area contributed by atoms with Crippen LogP contribution in [-0.4, -0.2) is 33.0 Å². The third kappa shape index (κ3) is 4.89. The predicted molar refractivity (Wildman–Crippen MR) is 89.9 cm³/mol. The third-order valence-electron chi connectivity index (χ3n) is 3.35. The van der Waals surface area contributed by atoms with Gasteiger partial charge >= 0.3 is 0 Å². The molecule has 0 aliphatic carbocycles. The summed E-state index contributed by atoms with van der Waals surface area (Å²) in [6.45, 7) is 3.99. The van der Waals surface area contributed by atoms with Gasteiger partial charge in [0.2, 0.25) is 0 Å². The Hall–Kier alpha value is -1.27. The van der Waals surface area contributed by atoms with Crippen molar-refractivity contribution in [2.45, 2.75) is 39.2 Å². The molecular weight excluding hydrogens is 284 g/mol. The van der Waals surface area contributed by atoms with Gasteiger partial charge in [-0.15, -0.1) is 0 Å². The van der Waals surface area contributed by atoms with Crippen LogP contribution >= 0.6 is 11.8 Å². The molecule has 21 heavy (non-hydrogen) atoms. The summed E-state index contributed by atoms with van der Waals surface area (Å²) in [5, 5.41) is 3.42. The van der Waals surface area contributed by atoms with Crippen LogP contribution in [0.1, 0.15) is 38.2 Å². The third-order valence-corrected chi connectivity index (χ3v) is 4.63. The summed E-state index contributed by atoms with van der Waals surface area (Å²) in [6.07, 6.45) is 8.36. The fraction of sp³-hybridized carbons (Fsp3) is 0.600. The number of nitrogens with zero attached hydrogens (tertiary/aromatic N) is 1. The zero-order valence-electron chi connectivity index (χ0n) is 12.6. The van der Waals surface area contributed by atoms with Crippen LogP contribution in [-0.2, 0) is 6.54 Å². The number of hydrogen-bond acceptors (Lipinski definition) is 4. The monoisotopic (exact) mass is 308 g/mol. The maximum atomic E-state index is 11.6. The van der Waals surface area contributed by atoms with Crippen LogP contribution in [0.5, 0.6) is 0 Å². The van der Waals surface area contributed by atoms with Gasteiger partial charge in [-0.2, -0.15) is 11.8 Å². The minimum Gasteiger partial charge on any atom is -0.355 e. The smallest absolute Gasteiger partial charge is 0.275 e. The quantitative estimate of drug-likeness (QED) is 0.590. The molecule has 2 rings (SSSR count). The number of unbranched alkanes of at least 4 members (excludes halogenated alkanes) is 2. The van der Waals surface area contributed by atoms with Gasteiger partial charge in [0.25, 0.3) is 5.56 Å². The van der Waals surface area contributed by atoms with Gasteiger partial charge in [0.15, 0.2) is 0 Å². The van der Waals surface area contributed by atoms with Crippen LogP contribution in [0.25, 0.3) is 11.0 Å². The van der Waals surface area contributed by atoms with E-state index in [-0.39, 0.29) is 5.56 Å². The Labute approximate surface area is 129 Å². The average molecular weight is 308 g/mol. The lowest BCUT2D eigenvalue weighted by Gasteiger charge is -2.04. The number of rotatable bonds is 10. The Kier molecular flexibility index (Phi) is 6.82. The van der Waals surface area contributed by atoms with Crippen LogP contribution in [0.4, 0.5) is 0 Å². The molecule has 0 bridgehead atoms. The Balaban J connectivity index is 1.64. The van der Waals surface area contributed by atoms with Crippen molar-refractivity contribution in [3.05, 3.63) is 28.4 Å². The first kappa shape index (κ1) is 16.1. The second-order valence-electron chi connectivity index (χ2n) is 5.12. The second kappa shape index (κ2) is 8.89. The average Bonchev–Trinajstić information content (AvgIpc) is 2.90. The van der Waals surface area contributed by atoms with Crippen molar-refractivity contribution in [2.24, 2.45) is 0 Å². The number of thioether (sulfide) groups is 1. The SMILES string of the molecule is CCCSCCCCCNCc1c[nH]c2c(=O)[nH]cnc12. The van der Waals surface area contributed by atoms with E-state index in [9.17, 15) is 4.79 Å². The molecule has 0 radical (unpaired) electrons. The fourth-order valence-corrected chi connectivity index (χ4v) is 3.14. The molecule has 116 valence electrons. The molecule has 0 unspecified atom stereocenters. The molecule has 2 aromatic heterocycles. The zero-order chi connectivity index (χ0) is 14.9. The van der Waals surface area contributed by atoms with E-state index in [2.05, 4.69) is 39.0 Å². The first-order valence-corrected chi connectivity index (χ1v) is 8.80. The minimum atomic E-state index is -0.115. The summed E-state index contributed by atoms with van der Waals surface area (Å²) in [4.78, 5) is 21.4. The van der Waals surface area contributed by atoms with Crippen molar-refractivity contribution >= 4 is 22.8 Å². The summed E-state index contributed by atoms with van der Waals surface area (Å²) in [5.41, 5.74) is 2.26. The van der Waals surface area contributed by atoms with Gasteiger partial charge in [0.1, 0.15) is 5.52 Å². The maximum absolute atomic E-state index is 11.6. The van der Waals surface area contributed by atoms with E-state index in [0.29, 0.717) is 5.52 Å². The normalized spacial score (nSPS) is 11.3. The number of hydrogen-bond donors (Lipinski definition) is 3. The molecule has 0 spiro atoms. The lowest BCUT2D eigenvalue weighted by Crippen LogP contribution is -2.15. The van der Waals surface area contributed by atoms with Crippen molar-refractivity contribution in [1.29, 1.82) is 0 Å². The molecule has 6 heteroatoms. The number of nitrogens with one attached hydrogen (secondary N) is 3. The van der Waals surface area contributed by atoms with Crippen molar-refractivity contribution in [2.75, 3.05) is 18.1 Å². The Morgan fingerprint density at radius 1 is 1.24 bits per heavy atom. The van der Waals surface area contributed by atoms with Gasteiger partial charge in [-0.1, -0.05) is 13.3 Å². The molecule has 2 aromatic rings. The Morgan fingerprint density at radius 2 is 2.14 bits per heavy atom. The van der Waals surface area contributed by atoms with Crippen LogP contribution in [0.15, 0.2) is 17.3 Å². The van der Waals surface area contributed by atoms with E-state index in [1.807, 2.05) is 6.20 Å². The summed E-state index contributed by atoms with van der Waals surface area (Å²) >= 11 is 2.05. The van der Waals surface area contributed by atoms with Crippen molar-refractivity contribution in [3.8, 4) is 0 Å².